The van der Waals surface area contributed by atoms with Crippen molar-refractivity contribution in [3.05, 3.63) is 41.4 Å². The largest absolute Gasteiger partial charge is 0.360 e. The van der Waals surface area contributed by atoms with Crippen LogP contribution in [0.25, 0.3) is 10.6 Å². The highest BCUT2D eigenvalue weighted by molar-refractivity contribution is 8.00. The number of nitrogens with zero attached hydrogens (tertiary/aromatic N) is 3. The molecule has 0 saturated carbocycles. The highest BCUT2D eigenvalue weighted by Crippen LogP contribution is 2.30. The van der Waals surface area contributed by atoms with E-state index in [1.807, 2.05) is 18.2 Å². The minimum atomic E-state index is 0.825. The third-order valence-electron chi connectivity index (χ3n) is 2.85. The van der Waals surface area contributed by atoms with Gasteiger partial charge in [0.15, 0.2) is 4.34 Å². The van der Waals surface area contributed by atoms with Crippen LogP contribution in [-0.4, -0.2) is 21.7 Å². The number of rotatable bonds is 7. The quantitative estimate of drug-likeness (QED) is 0.623. The number of anilines is 1. The monoisotopic (exact) mass is 348 g/mol. The molecule has 0 aliphatic carbocycles. The van der Waals surface area contributed by atoms with Crippen LogP contribution < -0.4 is 5.32 Å². The van der Waals surface area contributed by atoms with Crippen molar-refractivity contribution in [2.75, 3.05) is 11.9 Å². The molecule has 0 spiro atoms. The van der Waals surface area contributed by atoms with Gasteiger partial charge in [-0.25, -0.2) is 4.98 Å². The Kier molecular flexibility index (Phi) is 5.42. The maximum Gasteiger partial charge on any atom is 0.206 e. The molecular formula is C15H16N4S3. The van der Waals surface area contributed by atoms with Crippen LogP contribution in [0.5, 0.6) is 0 Å². The molecule has 0 fully saturated rings. The molecule has 0 atom stereocenters. The number of thioether (sulfide) groups is 1. The third-order valence-corrected chi connectivity index (χ3v) is 5.84. The molecule has 22 heavy (non-hydrogen) atoms. The van der Waals surface area contributed by atoms with Crippen molar-refractivity contribution in [2.24, 2.45) is 0 Å². The van der Waals surface area contributed by atoms with Gasteiger partial charge in [-0.15, -0.1) is 21.5 Å². The molecule has 0 unspecified atom stereocenters. The molecular weight excluding hydrogens is 332 g/mol. The molecule has 0 bridgehead atoms. The van der Waals surface area contributed by atoms with Crippen LogP contribution in [0, 0.1) is 0 Å². The molecule has 3 aromatic rings. The van der Waals surface area contributed by atoms with Gasteiger partial charge in [0.1, 0.15) is 5.01 Å². The summed E-state index contributed by atoms with van der Waals surface area (Å²) in [7, 11) is 0. The van der Waals surface area contributed by atoms with Crippen LogP contribution in [0.15, 0.2) is 40.1 Å². The molecule has 4 nitrogen and oxygen atoms in total. The molecule has 1 N–H and O–H groups in total. The zero-order valence-electron chi connectivity index (χ0n) is 12.2. The zero-order chi connectivity index (χ0) is 15.2. The van der Waals surface area contributed by atoms with Gasteiger partial charge in [-0.3, -0.25) is 0 Å². The highest BCUT2D eigenvalue weighted by atomic mass is 32.2. The van der Waals surface area contributed by atoms with E-state index in [1.54, 1.807) is 34.4 Å². The molecule has 0 aliphatic rings. The fourth-order valence-corrected chi connectivity index (χ4v) is 4.40. The van der Waals surface area contributed by atoms with Gasteiger partial charge in [0.25, 0.3) is 0 Å². The Hall–Kier alpha value is -1.44. The maximum absolute atomic E-state index is 4.69. The predicted octanol–water partition coefficient (Wildman–Crippen LogP) is 4.78. The average molecular weight is 349 g/mol. The van der Waals surface area contributed by atoms with Gasteiger partial charge in [0.05, 0.1) is 5.69 Å². The van der Waals surface area contributed by atoms with Crippen molar-refractivity contribution in [3.63, 3.8) is 0 Å². The Bertz CT molecular complexity index is 708. The summed E-state index contributed by atoms with van der Waals surface area (Å²) >= 11 is 4.97. The first-order chi connectivity index (χ1) is 10.8. The molecule has 2 aromatic heterocycles. The van der Waals surface area contributed by atoms with Crippen molar-refractivity contribution in [1.82, 2.24) is 15.2 Å². The fraction of sp³-hybridized carbons (Fsp3) is 0.267. The van der Waals surface area contributed by atoms with Crippen LogP contribution in [0.4, 0.5) is 5.13 Å². The number of benzene rings is 1. The van der Waals surface area contributed by atoms with E-state index in [0.717, 1.165) is 38.9 Å². The summed E-state index contributed by atoms with van der Waals surface area (Å²) in [6.07, 6.45) is 1.09. The Labute approximate surface area is 142 Å². The van der Waals surface area contributed by atoms with Gasteiger partial charge >= 0.3 is 0 Å². The topological polar surface area (TPSA) is 50.7 Å². The van der Waals surface area contributed by atoms with E-state index in [9.17, 15) is 0 Å². The molecule has 0 saturated heterocycles. The summed E-state index contributed by atoms with van der Waals surface area (Å²) in [5.41, 5.74) is 2.26. The van der Waals surface area contributed by atoms with Gasteiger partial charge in [-0.1, -0.05) is 60.4 Å². The SMILES string of the molecule is CCCNc1nnc(SCc2csc(-c3ccccc3)n2)s1. The number of nitrogens with one attached hydrogen (secondary N) is 1. The van der Waals surface area contributed by atoms with Crippen LogP contribution in [0.1, 0.15) is 19.0 Å². The van der Waals surface area contributed by atoms with Gasteiger partial charge in [-0.05, 0) is 6.42 Å². The van der Waals surface area contributed by atoms with Crippen molar-refractivity contribution >= 4 is 39.6 Å². The van der Waals surface area contributed by atoms with Gasteiger partial charge < -0.3 is 5.32 Å². The second kappa shape index (κ2) is 7.71. The summed E-state index contributed by atoms with van der Waals surface area (Å²) in [6, 6.07) is 10.3. The van der Waals surface area contributed by atoms with E-state index in [1.165, 1.54) is 5.56 Å². The third kappa shape index (κ3) is 4.06. The molecule has 0 aliphatic heterocycles. The second-order valence-electron chi connectivity index (χ2n) is 4.60. The average Bonchev–Trinajstić information content (AvgIpc) is 3.21. The van der Waals surface area contributed by atoms with Crippen LogP contribution in [0.3, 0.4) is 0 Å². The highest BCUT2D eigenvalue weighted by Gasteiger charge is 2.08. The smallest absolute Gasteiger partial charge is 0.206 e. The first kappa shape index (κ1) is 15.5. The van der Waals surface area contributed by atoms with E-state index in [4.69, 9.17) is 4.98 Å². The lowest BCUT2D eigenvalue weighted by atomic mass is 10.2. The lowest BCUT2D eigenvalue weighted by molar-refractivity contribution is 0.951. The standard InChI is InChI=1S/C15H16N4S3/c1-2-8-16-14-18-19-15(22-14)21-10-12-9-20-13(17-12)11-6-4-3-5-7-11/h3-7,9H,2,8,10H2,1H3,(H,16,18). The molecule has 0 amide bonds. The van der Waals surface area contributed by atoms with Crippen molar-refractivity contribution in [3.8, 4) is 10.6 Å². The van der Waals surface area contributed by atoms with Crippen molar-refractivity contribution in [1.29, 1.82) is 0 Å². The summed E-state index contributed by atoms with van der Waals surface area (Å²) in [4.78, 5) is 4.69. The Morgan fingerprint density at radius 3 is 2.86 bits per heavy atom. The normalized spacial score (nSPS) is 10.8. The second-order valence-corrected chi connectivity index (χ2v) is 7.66. The summed E-state index contributed by atoms with van der Waals surface area (Å²) < 4.78 is 0.980. The van der Waals surface area contributed by atoms with E-state index >= 15 is 0 Å². The Balaban J connectivity index is 1.58. The number of hydrogen-bond donors (Lipinski definition) is 1. The maximum atomic E-state index is 4.69. The summed E-state index contributed by atoms with van der Waals surface area (Å²) in [5, 5.41) is 15.7. The van der Waals surface area contributed by atoms with Crippen molar-refractivity contribution in [2.45, 2.75) is 23.4 Å². The van der Waals surface area contributed by atoms with Crippen LogP contribution in [-0.2, 0) is 5.75 Å². The van der Waals surface area contributed by atoms with Crippen LogP contribution in [0.2, 0.25) is 0 Å². The van der Waals surface area contributed by atoms with Crippen LogP contribution >= 0.6 is 34.4 Å². The predicted molar refractivity (Wildman–Crippen MR) is 95.8 cm³/mol. The lowest BCUT2D eigenvalue weighted by Gasteiger charge is -1.96. The summed E-state index contributed by atoms with van der Waals surface area (Å²) in [5.74, 6) is 0.825. The minimum absolute atomic E-state index is 0.825. The zero-order valence-corrected chi connectivity index (χ0v) is 14.6. The van der Waals surface area contributed by atoms with Gasteiger partial charge in [0, 0.05) is 23.2 Å². The van der Waals surface area contributed by atoms with E-state index in [0.29, 0.717) is 0 Å². The Morgan fingerprint density at radius 1 is 1.18 bits per heavy atom. The molecule has 3 rings (SSSR count). The van der Waals surface area contributed by atoms with E-state index in [-0.39, 0.29) is 0 Å². The number of thiazole rings is 1. The first-order valence-electron chi connectivity index (χ1n) is 7.05. The van der Waals surface area contributed by atoms with E-state index < -0.39 is 0 Å². The molecule has 1 aromatic carbocycles. The molecule has 2 heterocycles. The minimum Gasteiger partial charge on any atom is -0.360 e. The molecule has 114 valence electrons. The first-order valence-corrected chi connectivity index (χ1v) is 9.73. The number of hydrogen-bond acceptors (Lipinski definition) is 7. The lowest BCUT2D eigenvalue weighted by Crippen LogP contribution is -1.98. The fourth-order valence-electron chi connectivity index (χ4n) is 1.79. The van der Waals surface area contributed by atoms with Crippen molar-refractivity contribution < 1.29 is 0 Å². The van der Waals surface area contributed by atoms with E-state index in [2.05, 4.69) is 40.0 Å². The Morgan fingerprint density at radius 2 is 2.05 bits per heavy atom. The van der Waals surface area contributed by atoms with Gasteiger partial charge in [0.2, 0.25) is 5.13 Å². The number of aromatic nitrogens is 3. The summed E-state index contributed by atoms with van der Waals surface area (Å²) in [6.45, 7) is 3.07. The molecule has 0 radical (unpaired) electrons. The van der Waals surface area contributed by atoms with Gasteiger partial charge in [-0.2, -0.15) is 0 Å². The molecule has 7 heteroatoms.